The molecule has 2 aliphatic rings. The summed E-state index contributed by atoms with van der Waals surface area (Å²) in [6, 6.07) is 0. The van der Waals surface area contributed by atoms with Gasteiger partial charge in [-0.05, 0) is 6.42 Å². The van der Waals surface area contributed by atoms with Gasteiger partial charge in [0.25, 0.3) is 0 Å². The van der Waals surface area contributed by atoms with Gasteiger partial charge >= 0.3 is 0 Å². The Bertz CT molecular complexity index is 283. The first-order valence-corrected chi connectivity index (χ1v) is 5.70. The van der Waals surface area contributed by atoms with Crippen LogP contribution in [0.4, 0.5) is 0 Å². The maximum atomic E-state index is 5.18. The number of allylic oxidation sites excluding steroid dienone is 1. The Balaban J connectivity index is 0.000000202. The molecule has 0 bridgehead atoms. The minimum Gasteiger partial charge on any atom is -0.466 e. The molecule has 0 spiro atoms. The van der Waals surface area contributed by atoms with Crippen LogP contribution in [0.25, 0.3) is 0 Å². The zero-order valence-corrected chi connectivity index (χ0v) is 10.0. The maximum absolute atomic E-state index is 5.18. The summed E-state index contributed by atoms with van der Waals surface area (Å²) in [7, 11) is 0. The molecule has 2 aliphatic heterocycles. The number of rotatable bonds is 4. The molecule has 0 N–H and O–H groups in total. The zero-order chi connectivity index (χ0) is 12.2. The van der Waals surface area contributed by atoms with Gasteiger partial charge in [-0.3, -0.25) is 0 Å². The van der Waals surface area contributed by atoms with E-state index in [1.54, 1.807) is 12.5 Å². The van der Waals surface area contributed by atoms with E-state index in [2.05, 4.69) is 16.4 Å². The molecule has 0 fully saturated rings. The molecule has 0 aliphatic carbocycles. The van der Waals surface area contributed by atoms with E-state index in [4.69, 9.17) is 9.47 Å². The van der Waals surface area contributed by atoms with Crippen molar-refractivity contribution in [2.45, 2.75) is 32.6 Å². The van der Waals surface area contributed by atoms with Crippen molar-refractivity contribution in [2.24, 2.45) is 0 Å². The summed E-state index contributed by atoms with van der Waals surface area (Å²) in [6.45, 7) is 2.19. The summed E-state index contributed by atoms with van der Waals surface area (Å²) in [5, 5.41) is 0. The van der Waals surface area contributed by atoms with E-state index in [-0.39, 0.29) is 0 Å². The molecule has 0 saturated carbocycles. The first-order valence-electron chi connectivity index (χ1n) is 5.70. The van der Waals surface area contributed by atoms with Gasteiger partial charge in [-0.2, -0.15) is 0 Å². The Labute approximate surface area is 102 Å². The van der Waals surface area contributed by atoms with Gasteiger partial charge < -0.3 is 18.9 Å². The zero-order valence-electron chi connectivity index (χ0n) is 10.0. The quantitative estimate of drug-likeness (QED) is 0.696. The van der Waals surface area contributed by atoms with E-state index < -0.39 is 0 Å². The van der Waals surface area contributed by atoms with Crippen LogP contribution >= 0.6 is 0 Å². The summed E-state index contributed by atoms with van der Waals surface area (Å²) in [6.07, 6.45) is 15.3. The molecule has 4 heteroatoms. The second-order valence-electron chi connectivity index (χ2n) is 3.38. The van der Waals surface area contributed by atoms with Gasteiger partial charge in [0.1, 0.15) is 49.6 Å². The van der Waals surface area contributed by atoms with Gasteiger partial charge in [0.2, 0.25) is 0 Å². The minimum atomic E-state index is 0.931. The highest BCUT2D eigenvalue weighted by atomic mass is 16.5. The van der Waals surface area contributed by atoms with Crippen molar-refractivity contribution in [2.75, 3.05) is 0 Å². The van der Waals surface area contributed by atoms with Crippen LogP contribution in [0.3, 0.4) is 0 Å². The molecule has 2 rings (SSSR count). The highest BCUT2D eigenvalue weighted by Crippen LogP contribution is 2.13. The fourth-order valence-corrected chi connectivity index (χ4v) is 1.18. The molecule has 0 saturated heterocycles. The van der Waals surface area contributed by atoms with Crippen molar-refractivity contribution in [1.82, 2.24) is 0 Å². The predicted molar refractivity (Wildman–Crippen MR) is 64.0 cm³/mol. The van der Waals surface area contributed by atoms with Crippen LogP contribution < -0.4 is 0 Å². The van der Waals surface area contributed by atoms with Crippen LogP contribution in [0.5, 0.6) is 0 Å². The Kier molecular flexibility index (Phi) is 7.31. The molecule has 0 aromatic rings. The summed E-state index contributed by atoms with van der Waals surface area (Å²) in [5.41, 5.74) is 0. The Morgan fingerprint density at radius 2 is 1.47 bits per heavy atom. The van der Waals surface area contributed by atoms with Gasteiger partial charge in [0.15, 0.2) is 0 Å². The van der Waals surface area contributed by atoms with E-state index in [1.807, 2.05) is 0 Å². The van der Waals surface area contributed by atoms with Crippen molar-refractivity contribution in [3.63, 3.8) is 0 Å². The van der Waals surface area contributed by atoms with E-state index in [0.29, 0.717) is 0 Å². The average Bonchev–Trinajstić information content (AvgIpc) is 2.43. The Morgan fingerprint density at radius 3 is 1.94 bits per heavy atom. The topological polar surface area (TPSA) is 36.9 Å². The lowest BCUT2D eigenvalue weighted by Gasteiger charge is -2.08. The predicted octanol–water partition coefficient (Wildman–Crippen LogP) is 3.90. The third-order valence-corrected chi connectivity index (χ3v) is 2.01. The number of unbranched alkanes of at least 4 members (excludes halogenated alkanes) is 2. The molecule has 0 unspecified atom stereocenters. The lowest BCUT2D eigenvalue weighted by molar-refractivity contribution is 0.244. The van der Waals surface area contributed by atoms with Crippen molar-refractivity contribution < 1.29 is 18.9 Å². The molecule has 0 amide bonds. The van der Waals surface area contributed by atoms with Gasteiger partial charge in [-0.25, -0.2) is 0 Å². The van der Waals surface area contributed by atoms with Crippen LogP contribution in [-0.4, -0.2) is 0 Å². The van der Waals surface area contributed by atoms with Crippen LogP contribution in [0.1, 0.15) is 32.6 Å². The third kappa shape index (κ3) is 7.11. The van der Waals surface area contributed by atoms with E-state index in [0.717, 1.165) is 12.2 Å². The highest BCUT2D eigenvalue weighted by Gasteiger charge is 1.99. The highest BCUT2D eigenvalue weighted by molar-refractivity contribution is 4.94. The van der Waals surface area contributed by atoms with E-state index in [9.17, 15) is 0 Å². The van der Waals surface area contributed by atoms with Crippen LogP contribution in [-0.2, 0) is 18.9 Å². The first kappa shape index (κ1) is 13.2. The summed E-state index contributed by atoms with van der Waals surface area (Å²) >= 11 is 0. The fraction of sp³-hybridized carbons (Fsp3) is 0.385. The molecular formula is C13H18O4. The third-order valence-electron chi connectivity index (χ3n) is 2.01. The lowest BCUT2D eigenvalue weighted by atomic mass is 10.2. The Hall–Kier alpha value is -1.84. The molecule has 2 heterocycles. The molecule has 0 aromatic heterocycles. The second kappa shape index (κ2) is 9.39. The van der Waals surface area contributed by atoms with Crippen LogP contribution in [0.2, 0.25) is 0 Å². The molecule has 94 valence electrons. The van der Waals surface area contributed by atoms with Crippen LogP contribution in [0.15, 0.2) is 49.6 Å². The van der Waals surface area contributed by atoms with Crippen molar-refractivity contribution >= 4 is 0 Å². The van der Waals surface area contributed by atoms with E-state index in [1.165, 1.54) is 50.6 Å². The smallest absolute Gasteiger partial charge is 0.138 e. The van der Waals surface area contributed by atoms with Gasteiger partial charge in [0.05, 0.1) is 0 Å². The minimum absolute atomic E-state index is 0.931. The lowest BCUT2D eigenvalue weighted by Crippen LogP contribution is -1.91. The summed E-state index contributed by atoms with van der Waals surface area (Å²) in [5.74, 6) is 0.931. The number of ether oxygens (including phenoxy) is 4. The molecule has 17 heavy (non-hydrogen) atoms. The normalized spacial score (nSPS) is 15.5. The summed E-state index contributed by atoms with van der Waals surface area (Å²) < 4.78 is 19.3. The maximum Gasteiger partial charge on any atom is 0.138 e. The van der Waals surface area contributed by atoms with Crippen molar-refractivity contribution in [3.05, 3.63) is 49.6 Å². The number of hydrogen-bond donors (Lipinski definition) is 0. The van der Waals surface area contributed by atoms with Gasteiger partial charge in [0, 0.05) is 6.42 Å². The number of hydrogen-bond acceptors (Lipinski definition) is 4. The standard InChI is InChI=1S/C9H14O2.C4H4O2/c1-2-3-4-5-9-8-10-6-7-11-9;1-2-6-4-3-5-1/h6-8H,2-5H2,1H3;1-4H. The Morgan fingerprint density at radius 1 is 0.824 bits per heavy atom. The molecule has 4 nitrogen and oxygen atoms in total. The van der Waals surface area contributed by atoms with Gasteiger partial charge in [-0.1, -0.05) is 19.8 Å². The average molecular weight is 238 g/mol. The first-order chi connectivity index (χ1) is 8.43. The molecule has 0 radical (unpaired) electrons. The largest absolute Gasteiger partial charge is 0.466 e. The molecular weight excluding hydrogens is 220 g/mol. The van der Waals surface area contributed by atoms with Crippen molar-refractivity contribution in [1.29, 1.82) is 0 Å². The monoisotopic (exact) mass is 238 g/mol. The second-order valence-corrected chi connectivity index (χ2v) is 3.38. The van der Waals surface area contributed by atoms with Crippen LogP contribution in [0, 0.1) is 0 Å². The van der Waals surface area contributed by atoms with E-state index >= 15 is 0 Å². The fourth-order valence-electron chi connectivity index (χ4n) is 1.18. The van der Waals surface area contributed by atoms with Gasteiger partial charge in [-0.15, -0.1) is 0 Å². The SMILES string of the molecule is C1=COC=CO1.CCCCCC1=COC=CO1. The summed E-state index contributed by atoms with van der Waals surface area (Å²) in [4.78, 5) is 0. The molecule has 0 aromatic carbocycles. The van der Waals surface area contributed by atoms with Crippen molar-refractivity contribution in [3.8, 4) is 0 Å². The molecule has 0 atom stereocenters.